The number of nitrogens with two attached hydrogens (primary N) is 1. The fraction of sp³-hybridized carbons (Fsp3) is 0.273. The van der Waals surface area contributed by atoms with Crippen LogP contribution in [0.2, 0.25) is 5.02 Å². The van der Waals surface area contributed by atoms with Gasteiger partial charge in [-0.05, 0) is 18.9 Å². The molecular weight excluding hydrogens is 282 g/mol. The number of carbonyl (C=O) groups excluding carboxylic acids is 1. The maximum absolute atomic E-state index is 13.5. The van der Waals surface area contributed by atoms with Crippen LogP contribution in [0.4, 0.5) is 14.5 Å². The summed E-state index contributed by atoms with van der Waals surface area (Å²) in [4.78, 5) is 12.0. The number of carbonyl (C=O) groups is 1. The topological polar surface area (TPSA) is 55.1 Å². The zero-order valence-electron chi connectivity index (χ0n) is 9.10. The molecule has 1 amide bonds. The molecule has 3 N–H and O–H groups in total. The fourth-order valence-corrected chi connectivity index (χ4v) is 2.14. The smallest absolute Gasteiger partial charge is 0.237 e. The summed E-state index contributed by atoms with van der Waals surface area (Å²) in [7, 11) is 0. The Labute approximate surface area is 112 Å². The quantitative estimate of drug-likeness (QED) is 0.842. The van der Waals surface area contributed by atoms with Crippen LogP contribution in [-0.4, -0.2) is 10.9 Å². The fourth-order valence-electron chi connectivity index (χ4n) is 1.61. The number of halogens is 3. The van der Waals surface area contributed by atoms with Crippen molar-refractivity contribution in [1.82, 2.24) is 0 Å². The van der Waals surface area contributed by atoms with Gasteiger partial charge < -0.3 is 11.1 Å². The number of anilines is 1. The number of nitrogens with one attached hydrogen (secondary N) is 1. The van der Waals surface area contributed by atoms with E-state index in [1.54, 1.807) is 0 Å². The van der Waals surface area contributed by atoms with Gasteiger partial charge in [0.15, 0.2) is 5.82 Å². The van der Waals surface area contributed by atoms with Crippen molar-refractivity contribution in [2.24, 2.45) is 11.1 Å². The van der Waals surface area contributed by atoms with Crippen LogP contribution in [0, 0.1) is 17.0 Å². The van der Waals surface area contributed by atoms with E-state index < -0.39 is 23.0 Å². The summed E-state index contributed by atoms with van der Waals surface area (Å²) in [6.07, 6.45) is 1.04. The number of thiocarbonyl (C=S) groups is 1. The number of hydrogen-bond acceptors (Lipinski definition) is 2. The molecule has 18 heavy (non-hydrogen) atoms. The highest BCUT2D eigenvalue weighted by atomic mass is 35.5. The second-order valence-electron chi connectivity index (χ2n) is 4.14. The molecule has 0 spiro atoms. The maximum atomic E-state index is 13.5. The summed E-state index contributed by atoms with van der Waals surface area (Å²) < 4.78 is 26.3. The molecule has 1 saturated carbocycles. The average molecular weight is 291 g/mol. The van der Waals surface area contributed by atoms with E-state index in [-0.39, 0.29) is 15.7 Å². The molecule has 1 aromatic rings. The van der Waals surface area contributed by atoms with E-state index in [1.165, 1.54) is 0 Å². The third kappa shape index (κ3) is 2.18. The Hall–Kier alpha value is -1.27. The second-order valence-corrected chi connectivity index (χ2v) is 4.99. The van der Waals surface area contributed by atoms with E-state index in [2.05, 4.69) is 5.32 Å². The molecule has 0 radical (unpaired) electrons. The minimum atomic E-state index is -0.938. The van der Waals surface area contributed by atoms with Crippen molar-refractivity contribution in [3.8, 4) is 0 Å². The van der Waals surface area contributed by atoms with Crippen molar-refractivity contribution in [3.05, 3.63) is 28.8 Å². The Bertz CT molecular complexity index is 523. The van der Waals surface area contributed by atoms with Crippen molar-refractivity contribution in [2.75, 3.05) is 5.32 Å². The SMILES string of the molecule is NC(=S)C1(C(=O)Nc2c(F)cc(F)cc2Cl)CC1. The molecule has 0 atom stereocenters. The van der Waals surface area contributed by atoms with Crippen LogP contribution >= 0.6 is 23.8 Å². The molecule has 0 aromatic heterocycles. The molecule has 0 aliphatic heterocycles. The van der Waals surface area contributed by atoms with E-state index in [0.29, 0.717) is 18.9 Å². The molecule has 0 unspecified atom stereocenters. The summed E-state index contributed by atoms with van der Waals surface area (Å²) in [6.45, 7) is 0. The Morgan fingerprint density at radius 2 is 2.06 bits per heavy atom. The molecule has 0 saturated heterocycles. The molecular formula is C11H9ClF2N2OS. The van der Waals surface area contributed by atoms with Crippen molar-refractivity contribution in [1.29, 1.82) is 0 Å². The van der Waals surface area contributed by atoms with Gasteiger partial charge in [0.1, 0.15) is 5.82 Å². The predicted octanol–water partition coefficient (Wildman–Crippen LogP) is 2.62. The molecule has 0 heterocycles. The van der Waals surface area contributed by atoms with Crippen LogP contribution < -0.4 is 11.1 Å². The lowest BCUT2D eigenvalue weighted by Gasteiger charge is -2.15. The highest BCUT2D eigenvalue weighted by Gasteiger charge is 2.53. The van der Waals surface area contributed by atoms with Gasteiger partial charge in [-0.15, -0.1) is 0 Å². The Morgan fingerprint density at radius 3 is 2.50 bits per heavy atom. The van der Waals surface area contributed by atoms with Gasteiger partial charge in [0.05, 0.1) is 21.1 Å². The van der Waals surface area contributed by atoms with Crippen LogP contribution in [0.1, 0.15) is 12.8 Å². The van der Waals surface area contributed by atoms with Crippen molar-refractivity contribution < 1.29 is 13.6 Å². The monoisotopic (exact) mass is 290 g/mol. The van der Waals surface area contributed by atoms with Crippen LogP contribution in [0.3, 0.4) is 0 Å². The minimum Gasteiger partial charge on any atom is -0.392 e. The lowest BCUT2D eigenvalue weighted by molar-refractivity contribution is -0.118. The third-order valence-corrected chi connectivity index (χ3v) is 3.59. The Kier molecular flexibility index (Phi) is 3.25. The molecule has 1 aromatic carbocycles. The van der Waals surface area contributed by atoms with Gasteiger partial charge in [0.2, 0.25) is 5.91 Å². The largest absolute Gasteiger partial charge is 0.392 e. The molecule has 1 fully saturated rings. The molecule has 1 aliphatic carbocycles. The van der Waals surface area contributed by atoms with E-state index in [4.69, 9.17) is 29.6 Å². The Balaban J connectivity index is 2.26. The van der Waals surface area contributed by atoms with Gasteiger partial charge in [-0.1, -0.05) is 23.8 Å². The van der Waals surface area contributed by atoms with Crippen molar-refractivity contribution in [2.45, 2.75) is 12.8 Å². The van der Waals surface area contributed by atoms with E-state index >= 15 is 0 Å². The number of benzene rings is 1. The predicted molar refractivity (Wildman–Crippen MR) is 68.5 cm³/mol. The summed E-state index contributed by atoms with van der Waals surface area (Å²) in [5.41, 5.74) is 4.30. The third-order valence-electron chi connectivity index (χ3n) is 2.90. The lowest BCUT2D eigenvalue weighted by Crippen LogP contribution is -2.35. The molecule has 2 rings (SSSR count). The lowest BCUT2D eigenvalue weighted by atomic mass is 10.1. The summed E-state index contributed by atoms with van der Waals surface area (Å²) >= 11 is 10.5. The van der Waals surface area contributed by atoms with Gasteiger partial charge in [0.25, 0.3) is 0 Å². The number of hydrogen-bond donors (Lipinski definition) is 2. The highest BCUT2D eigenvalue weighted by Crippen LogP contribution is 2.47. The van der Waals surface area contributed by atoms with E-state index in [0.717, 1.165) is 6.07 Å². The number of amides is 1. The van der Waals surface area contributed by atoms with Gasteiger partial charge in [0, 0.05) is 6.07 Å². The summed E-state index contributed by atoms with van der Waals surface area (Å²) in [6, 6.07) is 1.56. The first-order valence-electron chi connectivity index (χ1n) is 5.13. The number of rotatable bonds is 3. The second kappa shape index (κ2) is 4.44. The van der Waals surface area contributed by atoms with Crippen molar-refractivity contribution in [3.63, 3.8) is 0 Å². The van der Waals surface area contributed by atoms with Gasteiger partial charge in [-0.25, -0.2) is 8.78 Å². The van der Waals surface area contributed by atoms with E-state index in [9.17, 15) is 13.6 Å². The molecule has 96 valence electrons. The first-order valence-corrected chi connectivity index (χ1v) is 5.91. The average Bonchev–Trinajstić information content (AvgIpc) is 3.03. The van der Waals surface area contributed by atoms with Crippen molar-refractivity contribution >= 4 is 40.4 Å². The van der Waals surface area contributed by atoms with Crippen LogP contribution in [0.25, 0.3) is 0 Å². The van der Waals surface area contributed by atoms with Crippen LogP contribution in [-0.2, 0) is 4.79 Å². The summed E-state index contributed by atoms with van der Waals surface area (Å²) in [5, 5.41) is 2.10. The minimum absolute atomic E-state index is 0.0682. The zero-order chi connectivity index (χ0) is 13.5. The summed E-state index contributed by atoms with van der Waals surface area (Å²) in [5.74, 6) is -2.26. The molecule has 0 bridgehead atoms. The van der Waals surface area contributed by atoms with Gasteiger partial charge in [-0.2, -0.15) is 0 Å². The molecule has 3 nitrogen and oxygen atoms in total. The Morgan fingerprint density at radius 1 is 1.44 bits per heavy atom. The highest BCUT2D eigenvalue weighted by molar-refractivity contribution is 7.80. The first kappa shape index (κ1) is 13.2. The van der Waals surface area contributed by atoms with E-state index in [1.807, 2.05) is 0 Å². The zero-order valence-corrected chi connectivity index (χ0v) is 10.7. The first-order chi connectivity index (χ1) is 8.36. The maximum Gasteiger partial charge on any atom is 0.237 e. The molecule has 1 aliphatic rings. The normalized spacial score (nSPS) is 16.2. The van der Waals surface area contributed by atoms with Crippen LogP contribution in [0.15, 0.2) is 12.1 Å². The van der Waals surface area contributed by atoms with Gasteiger partial charge >= 0.3 is 0 Å². The van der Waals surface area contributed by atoms with Crippen LogP contribution in [0.5, 0.6) is 0 Å². The standard InChI is InChI=1S/C11H9ClF2N2OS/c12-6-3-5(13)4-7(14)8(6)16-10(17)11(1-2-11)9(15)18/h3-4H,1-2H2,(H2,15,18)(H,16,17). The van der Waals surface area contributed by atoms with Gasteiger partial charge in [-0.3, -0.25) is 4.79 Å². The molecule has 7 heteroatoms.